The van der Waals surface area contributed by atoms with Crippen molar-refractivity contribution in [2.24, 2.45) is 29.1 Å². The van der Waals surface area contributed by atoms with Crippen LogP contribution in [-0.2, 0) is 0 Å². The van der Waals surface area contributed by atoms with Gasteiger partial charge in [0.25, 0.3) is 0 Å². The fourth-order valence-corrected chi connectivity index (χ4v) is 4.09. The predicted octanol–water partition coefficient (Wildman–Crippen LogP) is 5.52. The minimum atomic E-state index is 0.677. The molecule has 1 saturated carbocycles. The molecule has 0 N–H and O–H groups in total. The lowest BCUT2D eigenvalue weighted by Gasteiger charge is -2.50. The molecule has 0 saturated heterocycles. The lowest BCUT2D eigenvalue weighted by atomic mass is 9.55. The third kappa shape index (κ3) is 3.02. The molecule has 0 radical (unpaired) electrons. The lowest BCUT2D eigenvalue weighted by molar-refractivity contribution is 0.000845. The Hall–Kier alpha value is 0. The van der Waals surface area contributed by atoms with E-state index in [1.54, 1.807) is 0 Å². The maximum Gasteiger partial charge on any atom is -0.0292 e. The monoisotopic (exact) mass is 224 g/mol. The summed E-state index contributed by atoms with van der Waals surface area (Å²) in [6.07, 6.45) is 7.15. The first-order chi connectivity index (χ1) is 7.42. The Bertz CT molecular complexity index is 198. The van der Waals surface area contributed by atoms with Gasteiger partial charge in [0.1, 0.15) is 0 Å². The Morgan fingerprint density at radius 1 is 1.12 bits per heavy atom. The molecule has 0 aliphatic heterocycles. The van der Waals surface area contributed by atoms with Gasteiger partial charge in [-0.25, -0.2) is 0 Å². The SMILES string of the molecule is CCC(CC(CC)C1(C)CC(C)C1)C(C)C. The van der Waals surface area contributed by atoms with Gasteiger partial charge < -0.3 is 0 Å². The van der Waals surface area contributed by atoms with Gasteiger partial charge in [-0.05, 0) is 48.3 Å². The summed E-state index contributed by atoms with van der Waals surface area (Å²) in [5.74, 6) is 3.76. The second-order valence-electron chi connectivity index (χ2n) is 6.92. The zero-order valence-corrected chi connectivity index (χ0v) is 12.3. The van der Waals surface area contributed by atoms with Gasteiger partial charge in [0, 0.05) is 0 Å². The largest absolute Gasteiger partial charge is 0.0651 e. The molecule has 0 heteroatoms. The highest BCUT2D eigenvalue weighted by Crippen LogP contribution is 2.53. The van der Waals surface area contributed by atoms with Crippen LogP contribution in [0.2, 0.25) is 0 Å². The lowest BCUT2D eigenvalue weighted by Crippen LogP contribution is -2.40. The Balaban J connectivity index is 2.54. The summed E-state index contributed by atoms with van der Waals surface area (Å²) in [5, 5.41) is 0. The Kier molecular flexibility index (Phi) is 4.88. The third-order valence-electron chi connectivity index (χ3n) is 5.16. The quantitative estimate of drug-likeness (QED) is 0.557. The predicted molar refractivity (Wildman–Crippen MR) is 73.5 cm³/mol. The molecule has 0 spiro atoms. The molecule has 0 aromatic heterocycles. The molecule has 0 amide bonds. The van der Waals surface area contributed by atoms with E-state index >= 15 is 0 Å². The highest BCUT2D eigenvalue weighted by Gasteiger charge is 2.43. The highest BCUT2D eigenvalue weighted by molar-refractivity contribution is 4.93. The first-order valence-corrected chi connectivity index (χ1v) is 7.42. The van der Waals surface area contributed by atoms with Crippen LogP contribution in [0.1, 0.15) is 73.6 Å². The van der Waals surface area contributed by atoms with Crippen LogP contribution in [-0.4, -0.2) is 0 Å². The molecule has 1 aliphatic carbocycles. The van der Waals surface area contributed by atoms with Crippen molar-refractivity contribution < 1.29 is 0 Å². The normalized spacial score (nSPS) is 33.6. The molecule has 0 nitrogen and oxygen atoms in total. The molecule has 16 heavy (non-hydrogen) atoms. The van der Waals surface area contributed by atoms with Crippen molar-refractivity contribution in [1.82, 2.24) is 0 Å². The molecular formula is C16H32. The summed E-state index contributed by atoms with van der Waals surface area (Å²) in [6, 6.07) is 0. The molecular weight excluding hydrogens is 192 g/mol. The second-order valence-corrected chi connectivity index (χ2v) is 6.92. The molecule has 2 atom stereocenters. The summed E-state index contributed by atoms with van der Waals surface area (Å²) in [5.41, 5.74) is 0.677. The van der Waals surface area contributed by atoms with Crippen LogP contribution in [0, 0.1) is 29.1 Å². The van der Waals surface area contributed by atoms with Crippen molar-refractivity contribution in [2.45, 2.75) is 73.6 Å². The summed E-state index contributed by atoms with van der Waals surface area (Å²) in [7, 11) is 0. The Morgan fingerprint density at radius 2 is 1.69 bits per heavy atom. The molecule has 0 aromatic carbocycles. The van der Waals surface area contributed by atoms with Crippen molar-refractivity contribution in [3.05, 3.63) is 0 Å². The van der Waals surface area contributed by atoms with Crippen molar-refractivity contribution in [3.8, 4) is 0 Å². The number of rotatable bonds is 6. The van der Waals surface area contributed by atoms with E-state index in [0.717, 1.165) is 23.7 Å². The van der Waals surface area contributed by atoms with Gasteiger partial charge in [-0.15, -0.1) is 0 Å². The molecule has 0 bridgehead atoms. The van der Waals surface area contributed by atoms with Gasteiger partial charge in [-0.3, -0.25) is 0 Å². The van der Waals surface area contributed by atoms with Crippen molar-refractivity contribution >= 4 is 0 Å². The maximum atomic E-state index is 2.54. The zero-order valence-electron chi connectivity index (χ0n) is 12.3. The first-order valence-electron chi connectivity index (χ1n) is 7.42. The van der Waals surface area contributed by atoms with Crippen LogP contribution >= 0.6 is 0 Å². The smallest absolute Gasteiger partial charge is 0.0292 e. The van der Waals surface area contributed by atoms with E-state index in [1.807, 2.05) is 0 Å². The fraction of sp³-hybridized carbons (Fsp3) is 1.00. The standard InChI is InChI=1S/C16H32/c1-7-14(12(3)4)9-15(8-2)16(6)10-13(5)11-16/h12-15H,7-11H2,1-6H3. The first kappa shape index (κ1) is 14.1. The van der Waals surface area contributed by atoms with E-state index in [4.69, 9.17) is 0 Å². The van der Waals surface area contributed by atoms with E-state index in [2.05, 4.69) is 41.5 Å². The molecule has 1 aliphatic rings. The van der Waals surface area contributed by atoms with Crippen LogP contribution < -0.4 is 0 Å². The average Bonchev–Trinajstić information content (AvgIpc) is 2.16. The van der Waals surface area contributed by atoms with Crippen LogP contribution in [0.4, 0.5) is 0 Å². The van der Waals surface area contributed by atoms with Crippen molar-refractivity contribution in [2.75, 3.05) is 0 Å². The molecule has 1 rings (SSSR count). The van der Waals surface area contributed by atoms with E-state index in [1.165, 1.54) is 32.1 Å². The number of hydrogen-bond acceptors (Lipinski definition) is 0. The third-order valence-corrected chi connectivity index (χ3v) is 5.16. The Labute approximate surface area is 103 Å². The van der Waals surface area contributed by atoms with Gasteiger partial charge in [0.2, 0.25) is 0 Å². The van der Waals surface area contributed by atoms with Gasteiger partial charge in [0.05, 0.1) is 0 Å². The number of hydrogen-bond donors (Lipinski definition) is 0. The molecule has 0 aromatic rings. The minimum Gasteiger partial charge on any atom is -0.0651 e. The summed E-state index contributed by atoms with van der Waals surface area (Å²) < 4.78 is 0. The zero-order chi connectivity index (χ0) is 12.3. The van der Waals surface area contributed by atoms with E-state index in [9.17, 15) is 0 Å². The van der Waals surface area contributed by atoms with Gasteiger partial charge >= 0.3 is 0 Å². The Morgan fingerprint density at radius 3 is 2.00 bits per heavy atom. The van der Waals surface area contributed by atoms with Gasteiger partial charge in [-0.2, -0.15) is 0 Å². The molecule has 96 valence electrons. The van der Waals surface area contributed by atoms with Gasteiger partial charge in [0.15, 0.2) is 0 Å². The molecule has 1 fully saturated rings. The summed E-state index contributed by atoms with van der Waals surface area (Å²) in [6.45, 7) is 14.5. The minimum absolute atomic E-state index is 0.677. The fourth-order valence-electron chi connectivity index (χ4n) is 4.09. The topological polar surface area (TPSA) is 0 Å². The van der Waals surface area contributed by atoms with Crippen molar-refractivity contribution in [3.63, 3.8) is 0 Å². The highest BCUT2D eigenvalue weighted by atomic mass is 14.5. The van der Waals surface area contributed by atoms with Crippen LogP contribution in [0.5, 0.6) is 0 Å². The van der Waals surface area contributed by atoms with Crippen LogP contribution in [0.15, 0.2) is 0 Å². The molecule has 2 unspecified atom stereocenters. The van der Waals surface area contributed by atoms with Gasteiger partial charge in [-0.1, -0.05) is 54.4 Å². The van der Waals surface area contributed by atoms with Crippen LogP contribution in [0.3, 0.4) is 0 Å². The van der Waals surface area contributed by atoms with Crippen molar-refractivity contribution in [1.29, 1.82) is 0 Å². The maximum absolute atomic E-state index is 2.54. The summed E-state index contributed by atoms with van der Waals surface area (Å²) in [4.78, 5) is 0. The summed E-state index contributed by atoms with van der Waals surface area (Å²) >= 11 is 0. The second kappa shape index (κ2) is 5.56. The molecule has 0 heterocycles. The average molecular weight is 224 g/mol. The van der Waals surface area contributed by atoms with E-state index in [0.29, 0.717) is 5.41 Å². The van der Waals surface area contributed by atoms with Crippen LogP contribution in [0.25, 0.3) is 0 Å². The van der Waals surface area contributed by atoms with E-state index < -0.39 is 0 Å². The van der Waals surface area contributed by atoms with E-state index in [-0.39, 0.29) is 0 Å².